The first-order valence-electron chi connectivity index (χ1n) is 14.0. The van der Waals surface area contributed by atoms with Crippen LogP contribution < -0.4 is 4.90 Å². The fourth-order valence-corrected chi connectivity index (χ4v) is 6.47. The van der Waals surface area contributed by atoms with Gasteiger partial charge in [0.2, 0.25) is 0 Å². The van der Waals surface area contributed by atoms with Gasteiger partial charge in [-0.3, -0.25) is 4.90 Å². The third-order valence-corrected chi connectivity index (χ3v) is 8.64. The standard InChI is InChI=1S/C31H37FN4O3/c1-19-12-22(14-23(32)13-19)29-16-34-31(39-29)36-10-6-21(7-11-36)27(37)17-35-9-8-24(28(38)18-35)26-15-33-30-20(2)4-3-5-25(26)30/h3-5,12-16,21,24,27-28,33,37-38H,6-11,17-18H2,1-2H3/t24?,27-,28?/m1/s1. The van der Waals surface area contributed by atoms with E-state index in [1.54, 1.807) is 6.20 Å². The number of aliphatic hydroxyl groups excluding tert-OH is 2. The summed E-state index contributed by atoms with van der Waals surface area (Å²) in [5.41, 5.74) is 5.07. The number of β-amino-alcohol motifs (C(OH)–C–C–N with tert-alkyl or cyclic N) is 2. The number of benzene rings is 2. The molecule has 0 bridgehead atoms. The van der Waals surface area contributed by atoms with Crippen molar-refractivity contribution in [3.05, 3.63) is 71.3 Å². The van der Waals surface area contributed by atoms with E-state index in [9.17, 15) is 14.6 Å². The van der Waals surface area contributed by atoms with Gasteiger partial charge in [-0.15, -0.1) is 0 Å². The molecule has 3 atom stereocenters. The molecule has 2 aliphatic rings. The summed E-state index contributed by atoms with van der Waals surface area (Å²) in [7, 11) is 0. The summed E-state index contributed by atoms with van der Waals surface area (Å²) in [6.45, 7) is 7.44. The van der Waals surface area contributed by atoms with Gasteiger partial charge in [-0.1, -0.05) is 18.2 Å². The van der Waals surface area contributed by atoms with Gasteiger partial charge in [0, 0.05) is 54.8 Å². The quantitative estimate of drug-likeness (QED) is 0.324. The number of likely N-dealkylation sites (tertiary alicyclic amines) is 1. The van der Waals surface area contributed by atoms with Crippen LogP contribution >= 0.6 is 0 Å². The first-order valence-corrected chi connectivity index (χ1v) is 14.0. The highest BCUT2D eigenvalue weighted by molar-refractivity contribution is 5.86. The minimum absolute atomic E-state index is 0.0964. The Bertz CT molecular complexity index is 1420. The predicted octanol–water partition coefficient (Wildman–Crippen LogP) is 5.01. The largest absolute Gasteiger partial charge is 0.423 e. The van der Waals surface area contributed by atoms with Crippen molar-refractivity contribution >= 4 is 16.9 Å². The maximum absolute atomic E-state index is 13.8. The lowest BCUT2D eigenvalue weighted by Gasteiger charge is -2.39. The van der Waals surface area contributed by atoms with Crippen LogP contribution in [0.4, 0.5) is 10.4 Å². The number of halogens is 1. The highest BCUT2D eigenvalue weighted by Gasteiger charge is 2.34. The molecule has 2 unspecified atom stereocenters. The monoisotopic (exact) mass is 532 g/mol. The molecule has 4 heterocycles. The molecule has 2 aliphatic heterocycles. The number of H-pyrrole nitrogens is 1. The molecule has 3 N–H and O–H groups in total. The van der Waals surface area contributed by atoms with E-state index in [0.29, 0.717) is 30.4 Å². The lowest BCUT2D eigenvalue weighted by molar-refractivity contribution is 0.00593. The Morgan fingerprint density at radius 1 is 1.13 bits per heavy atom. The molecule has 0 saturated carbocycles. The second kappa shape index (κ2) is 10.8. The summed E-state index contributed by atoms with van der Waals surface area (Å²) in [4.78, 5) is 12.1. The molecule has 2 aromatic carbocycles. The summed E-state index contributed by atoms with van der Waals surface area (Å²) in [5.74, 6) is 0.550. The Morgan fingerprint density at radius 3 is 2.72 bits per heavy atom. The number of para-hydroxylation sites is 1. The van der Waals surface area contributed by atoms with Gasteiger partial charge in [-0.2, -0.15) is 0 Å². The molecule has 4 aromatic rings. The summed E-state index contributed by atoms with van der Waals surface area (Å²) < 4.78 is 19.8. The second-order valence-electron chi connectivity index (χ2n) is 11.4. The van der Waals surface area contributed by atoms with E-state index in [4.69, 9.17) is 4.42 Å². The summed E-state index contributed by atoms with van der Waals surface area (Å²) in [5, 5.41) is 23.3. The van der Waals surface area contributed by atoms with Crippen LogP contribution in [0.2, 0.25) is 0 Å². The van der Waals surface area contributed by atoms with Crippen LogP contribution in [-0.2, 0) is 0 Å². The maximum Gasteiger partial charge on any atom is 0.297 e. The van der Waals surface area contributed by atoms with Gasteiger partial charge in [-0.25, -0.2) is 9.37 Å². The number of anilines is 1. The van der Waals surface area contributed by atoms with E-state index in [0.717, 1.165) is 50.0 Å². The van der Waals surface area contributed by atoms with Crippen LogP contribution in [0.5, 0.6) is 0 Å². The predicted molar refractivity (Wildman–Crippen MR) is 150 cm³/mol. The summed E-state index contributed by atoms with van der Waals surface area (Å²) >= 11 is 0. The van der Waals surface area contributed by atoms with E-state index >= 15 is 0 Å². The number of nitrogens with zero attached hydrogens (tertiary/aromatic N) is 3. The smallest absolute Gasteiger partial charge is 0.297 e. The SMILES string of the molecule is Cc1cc(F)cc(-c2cnc(N3CCC([C@H](O)CN4CCC(c5c[nH]c6c(C)cccc56)C(O)C4)CC3)o2)c1. The zero-order chi connectivity index (χ0) is 27.1. The maximum atomic E-state index is 13.8. The number of hydrogen-bond donors (Lipinski definition) is 3. The van der Waals surface area contributed by atoms with Crippen molar-refractivity contribution in [2.45, 2.75) is 51.2 Å². The molecular formula is C31H37FN4O3. The van der Waals surface area contributed by atoms with E-state index in [-0.39, 0.29) is 17.7 Å². The first kappa shape index (κ1) is 26.0. The van der Waals surface area contributed by atoms with Crippen LogP contribution in [-0.4, -0.2) is 70.0 Å². The molecule has 39 heavy (non-hydrogen) atoms. The molecule has 2 aromatic heterocycles. The van der Waals surface area contributed by atoms with Gasteiger partial charge in [0.15, 0.2) is 5.76 Å². The fraction of sp³-hybridized carbons (Fsp3) is 0.452. The zero-order valence-corrected chi connectivity index (χ0v) is 22.6. The first-order chi connectivity index (χ1) is 18.9. The topological polar surface area (TPSA) is 88.8 Å². The molecule has 206 valence electrons. The molecule has 2 saturated heterocycles. The van der Waals surface area contributed by atoms with Crippen molar-refractivity contribution in [3.63, 3.8) is 0 Å². The molecule has 6 rings (SSSR count). The average Bonchev–Trinajstić information content (AvgIpc) is 3.57. The Hall–Kier alpha value is -3.20. The molecule has 0 aliphatic carbocycles. The number of fused-ring (bicyclic) bond motifs is 1. The summed E-state index contributed by atoms with van der Waals surface area (Å²) in [6.07, 6.45) is 5.34. The lowest BCUT2D eigenvalue weighted by Crippen LogP contribution is -2.48. The number of oxazole rings is 1. The van der Waals surface area contributed by atoms with Crippen LogP contribution in [0.3, 0.4) is 0 Å². The van der Waals surface area contributed by atoms with Crippen LogP contribution in [0, 0.1) is 25.6 Å². The third-order valence-electron chi connectivity index (χ3n) is 8.64. The van der Waals surface area contributed by atoms with Crippen molar-refractivity contribution < 1.29 is 19.0 Å². The van der Waals surface area contributed by atoms with Gasteiger partial charge in [0.1, 0.15) is 5.82 Å². The van der Waals surface area contributed by atoms with Gasteiger partial charge in [0.25, 0.3) is 6.01 Å². The minimum Gasteiger partial charge on any atom is -0.423 e. The van der Waals surface area contributed by atoms with Crippen molar-refractivity contribution in [3.8, 4) is 11.3 Å². The van der Waals surface area contributed by atoms with E-state index in [1.165, 1.54) is 28.6 Å². The number of piperidine rings is 2. The number of aromatic nitrogens is 2. The number of aromatic amines is 1. The van der Waals surface area contributed by atoms with Crippen molar-refractivity contribution in [2.75, 3.05) is 37.6 Å². The van der Waals surface area contributed by atoms with E-state index < -0.39 is 12.2 Å². The molecule has 2 fully saturated rings. The third kappa shape index (κ3) is 5.33. The lowest BCUT2D eigenvalue weighted by atomic mass is 9.85. The molecule has 0 radical (unpaired) electrons. The molecule has 0 amide bonds. The molecular weight excluding hydrogens is 495 g/mol. The van der Waals surface area contributed by atoms with Crippen molar-refractivity contribution in [1.82, 2.24) is 14.9 Å². The van der Waals surface area contributed by atoms with E-state index in [2.05, 4.69) is 51.1 Å². The van der Waals surface area contributed by atoms with Crippen LogP contribution in [0.15, 0.2) is 53.2 Å². The highest BCUT2D eigenvalue weighted by Crippen LogP contribution is 2.35. The normalized spacial score (nSPS) is 22.0. The highest BCUT2D eigenvalue weighted by atomic mass is 19.1. The molecule has 0 spiro atoms. The number of aliphatic hydroxyl groups is 2. The number of hydrogen-bond acceptors (Lipinski definition) is 6. The Balaban J connectivity index is 1.02. The Morgan fingerprint density at radius 2 is 1.95 bits per heavy atom. The number of nitrogens with one attached hydrogen (secondary N) is 1. The Labute approximate surface area is 228 Å². The summed E-state index contributed by atoms with van der Waals surface area (Å²) in [6, 6.07) is 11.7. The zero-order valence-electron chi connectivity index (χ0n) is 22.6. The van der Waals surface area contributed by atoms with Crippen molar-refractivity contribution in [2.24, 2.45) is 5.92 Å². The van der Waals surface area contributed by atoms with Gasteiger partial charge >= 0.3 is 0 Å². The van der Waals surface area contributed by atoms with Gasteiger partial charge in [-0.05, 0) is 80.5 Å². The van der Waals surface area contributed by atoms with Gasteiger partial charge in [0.05, 0.1) is 18.4 Å². The number of rotatable bonds is 6. The Kier molecular flexibility index (Phi) is 7.18. The van der Waals surface area contributed by atoms with Gasteiger partial charge < -0.3 is 24.5 Å². The molecule has 7 nitrogen and oxygen atoms in total. The number of aryl methyl sites for hydroxylation is 2. The van der Waals surface area contributed by atoms with Crippen molar-refractivity contribution in [1.29, 1.82) is 0 Å². The van der Waals surface area contributed by atoms with Crippen LogP contribution in [0.1, 0.15) is 41.9 Å². The second-order valence-corrected chi connectivity index (χ2v) is 11.4. The minimum atomic E-state index is -0.464. The van der Waals surface area contributed by atoms with E-state index in [1.807, 2.05) is 13.0 Å². The molecule has 8 heteroatoms. The average molecular weight is 533 g/mol. The van der Waals surface area contributed by atoms with Crippen LogP contribution in [0.25, 0.3) is 22.2 Å². The fourth-order valence-electron chi connectivity index (χ4n) is 6.47.